The van der Waals surface area contributed by atoms with Gasteiger partial charge in [-0.3, -0.25) is 0 Å². The van der Waals surface area contributed by atoms with E-state index in [0.717, 1.165) is 19.5 Å². The molecule has 1 aromatic heterocycles. The Morgan fingerprint density at radius 3 is 2.80 bits per heavy atom. The van der Waals surface area contributed by atoms with Crippen LogP contribution in [0.15, 0.2) is 22.7 Å². The van der Waals surface area contributed by atoms with Gasteiger partial charge in [0.15, 0.2) is 11.7 Å². The Labute approximate surface area is 117 Å². The van der Waals surface area contributed by atoms with E-state index in [1.807, 2.05) is 0 Å². The van der Waals surface area contributed by atoms with Crippen molar-refractivity contribution >= 4 is 0 Å². The molecule has 2 rings (SSSR count). The molecule has 0 fully saturated rings. The predicted molar refractivity (Wildman–Crippen MR) is 73.5 cm³/mol. The van der Waals surface area contributed by atoms with E-state index in [4.69, 9.17) is 4.42 Å². The highest BCUT2D eigenvalue weighted by Gasteiger charge is 2.17. The molecule has 0 saturated carbocycles. The van der Waals surface area contributed by atoms with Crippen molar-refractivity contribution in [1.82, 2.24) is 10.3 Å². The van der Waals surface area contributed by atoms with Gasteiger partial charge in [0.2, 0.25) is 0 Å². The minimum absolute atomic E-state index is 0.134. The van der Waals surface area contributed by atoms with Gasteiger partial charge < -0.3 is 9.73 Å². The van der Waals surface area contributed by atoms with Gasteiger partial charge in [-0.2, -0.15) is 0 Å². The molecule has 0 amide bonds. The minimum Gasteiger partial charge on any atom is -0.440 e. The Bertz CT molecular complexity index is 581. The van der Waals surface area contributed by atoms with Crippen LogP contribution in [0.5, 0.6) is 0 Å². The van der Waals surface area contributed by atoms with E-state index in [9.17, 15) is 8.78 Å². The summed E-state index contributed by atoms with van der Waals surface area (Å²) in [7, 11) is 0. The van der Waals surface area contributed by atoms with Gasteiger partial charge in [0.1, 0.15) is 11.6 Å². The van der Waals surface area contributed by atoms with Gasteiger partial charge in [-0.05, 0) is 31.5 Å². The van der Waals surface area contributed by atoms with Crippen LogP contribution in [0.4, 0.5) is 8.78 Å². The van der Waals surface area contributed by atoms with Crippen LogP contribution < -0.4 is 5.32 Å². The van der Waals surface area contributed by atoms with E-state index < -0.39 is 11.6 Å². The first-order valence-electron chi connectivity index (χ1n) is 6.74. The summed E-state index contributed by atoms with van der Waals surface area (Å²) in [5, 5.41) is 3.22. The van der Waals surface area contributed by atoms with Crippen LogP contribution in [0.1, 0.15) is 24.8 Å². The fraction of sp³-hybridized carbons (Fsp3) is 0.400. The number of aryl methyl sites for hydroxylation is 1. The van der Waals surface area contributed by atoms with Crippen molar-refractivity contribution in [2.45, 2.75) is 26.7 Å². The quantitative estimate of drug-likeness (QED) is 0.823. The standard InChI is InChI=1S/C15H18F2N2O/c1-3-7-18-8-6-13-19-9-12(20-13)14-11(16)5-4-10(2)15(14)17/h4-5,9,18H,3,6-8H2,1-2H3. The van der Waals surface area contributed by atoms with E-state index in [1.165, 1.54) is 18.3 Å². The van der Waals surface area contributed by atoms with Crippen molar-refractivity contribution in [2.75, 3.05) is 13.1 Å². The normalized spacial score (nSPS) is 11.0. The Balaban J connectivity index is 2.15. The van der Waals surface area contributed by atoms with Gasteiger partial charge in [-0.1, -0.05) is 13.0 Å². The highest BCUT2D eigenvalue weighted by atomic mass is 19.1. The zero-order valence-electron chi connectivity index (χ0n) is 11.7. The second-order valence-electron chi connectivity index (χ2n) is 4.67. The number of nitrogens with one attached hydrogen (secondary N) is 1. The van der Waals surface area contributed by atoms with Crippen LogP contribution in [-0.2, 0) is 6.42 Å². The number of hydrogen-bond acceptors (Lipinski definition) is 3. The van der Waals surface area contributed by atoms with E-state index in [1.54, 1.807) is 6.92 Å². The van der Waals surface area contributed by atoms with Crippen LogP contribution in [0, 0.1) is 18.6 Å². The zero-order chi connectivity index (χ0) is 14.5. The van der Waals surface area contributed by atoms with Crippen molar-refractivity contribution in [3.05, 3.63) is 41.4 Å². The summed E-state index contributed by atoms with van der Waals surface area (Å²) < 4.78 is 33.1. The first kappa shape index (κ1) is 14.7. The van der Waals surface area contributed by atoms with Crippen molar-refractivity contribution < 1.29 is 13.2 Å². The lowest BCUT2D eigenvalue weighted by atomic mass is 10.1. The molecule has 1 heterocycles. The number of benzene rings is 1. The van der Waals surface area contributed by atoms with Crippen LogP contribution >= 0.6 is 0 Å². The van der Waals surface area contributed by atoms with Gasteiger partial charge in [0.05, 0.1) is 11.8 Å². The average Bonchev–Trinajstić information content (AvgIpc) is 2.88. The van der Waals surface area contributed by atoms with Crippen molar-refractivity contribution in [3.63, 3.8) is 0 Å². The molecule has 0 aliphatic carbocycles. The molecule has 1 aromatic carbocycles. The lowest BCUT2D eigenvalue weighted by molar-refractivity contribution is 0.486. The largest absolute Gasteiger partial charge is 0.440 e. The number of aromatic nitrogens is 1. The Morgan fingerprint density at radius 2 is 2.05 bits per heavy atom. The van der Waals surface area contributed by atoms with Gasteiger partial charge in [-0.25, -0.2) is 13.8 Å². The maximum Gasteiger partial charge on any atom is 0.196 e. The van der Waals surface area contributed by atoms with Crippen molar-refractivity contribution in [2.24, 2.45) is 0 Å². The summed E-state index contributed by atoms with van der Waals surface area (Å²) in [5.41, 5.74) is 0.231. The Morgan fingerprint density at radius 1 is 1.25 bits per heavy atom. The average molecular weight is 280 g/mol. The second-order valence-corrected chi connectivity index (χ2v) is 4.67. The first-order chi connectivity index (χ1) is 9.63. The van der Waals surface area contributed by atoms with Gasteiger partial charge >= 0.3 is 0 Å². The summed E-state index contributed by atoms with van der Waals surface area (Å²) >= 11 is 0. The molecule has 1 N–H and O–H groups in total. The molecule has 0 bridgehead atoms. The predicted octanol–water partition coefficient (Wildman–Crippen LogP) is 3.47. The number of oxazole rings is 1. The molecule has 0 saturated heterocycles. The fourth-order valence-electron chi connectivity index (χ4n) is 1.92. The summed E-state index contributed by atoms with van der Waals surface area (Å²) in [6, 6.07) is 2.64. The zero-order valence-corrected chi connectivity index (χ0v) is 11.7. The second kappa shape index (κ2) is 6.61. The lowest BCUT2D eigenvalue weighted by Crippen LogP contribution is -2.17. The first-order valence-corrected chi connectivity index (χ1v) is 6.74. The molecule has 20 heavy (non-hydrogen) atoms. The highest BCUT2D eigenvalue weighted by molar-refractivity contribution is 5.59. The fourth-order valence-corrected chi connectivity index (χ4v) is 1.92. The van der Waals surface area contributed by atoms with E-state index in [0.29, 0.717) is 17.9 Å². The topological polar surface area (TPSA) is 38.1 Å². The van der Waals surface area contributed by atoms with Crippen LogP contribution in [0.2, 0.25) is 0 Å². The van der Waals surface area contributed by atoms with Gasteiger partial charge in [0.25, 0.3) is 0 Å². The third-order valence-electron chi connectivity index (χ3n) is 3.03. The summed E-state index contributed by atoms with van der Waals surface area (Å²) in [4.78, 5) is 4.06. The Hall–Kier alpha value is -1.75. The molecule has 0 aliphatic rings. The van der Waals surface area contributed by atoms with Gasteiger partial charge in [-0.15, -0.1) is 0 Å². The van der Waals surface area contributed by atoms with Gasteiger partial charge in [0, 0.05) is 13.0 Å². The SMILES string of the molecule is CCCNCCc1ncc(-c2c(F)ccc(C)c2F)o1. The molecule has 108 valence electrons. The molecule has 0 aliphatic heterocycles. The Kier molecular flexibility index (Phi) is 4.84. The third-order valence-corrected chi connectivity index (χ3v) is 3.03. The maximum absolute atomic E-state index is 14.0. The summed E-state index contributed by atoms with van der Waals surface area (Å²) in [6.07, 6.45) is 3.02. The molecular weight excluding hydrogens is 262 g/mol. The van der Waals surface area contributed by atoms with E-state index in [2.05, 4.69) is 17.2 Å². The number of rotatable bonds is 6. The van der Waals surface area contributed by atoms with E-state index in [-0.39, 0.29) is 11.3 Å². The highest BCUT2D eigenvalue weighted by Crippen LogP contribution is 2.28. The third kappa shape index (κ3) is 3.22. The molecule has 3 nitrogen and oxygen atoms in total. The van der Waals surface area contributed by atoms with Crippen LogP contribution in [-0.4, -0.2) is 18.1 Å². The van der Waals surface area contributed by atoms with Crippen LogP contribution in [0.25, 0.3) is 11.3 Å². The maximum atomic E-state index is 14.0. The van der Waals surface area contributed by atoms with Crippen LogP contribution in [0.3, 0.4) is 0 Å². The number of nitrogens with zero attached hydrogens (tertiary/aromatic N) is 1. The van der Waals surface area contributed by atoms with E-state index >= 15 is 0 Å². The van der Waals surface area contributed by atoms with Crippen molar-refractivity contribution in [1.29, 1.82) is 0 Å². The van der Waals surface area contributed by atoms with Crippen molar-refractivity contribution in [3.8, 4) is 11.3 Å². The summed E-state index contributed by atoms with van der Waals surface area (Å²) in [5.74, 6) is -0.630. The molecule has 0 radical (unpaired) electrons. The monoisotopic (exact) mass is 280 g/mol. The summed E-state index contributed by atoms with van der Waals surface area (Å²) in [6.45, 7) is 5.32. The minimum atomic E-state index is -0.639. The number of hydrogen-bond donors (Lipinski definition) is 1. The lowest BCUT2D eigenvalue weighted by Gasteiger charge is -2.04. The molecule has 0 unspecified atom stereocenters. The number of halogens is 2. The molecule has 0 spiro atoms. The molecule has 2 aromatic rings. The smallest absolute Gasteiger partial charge is 0.196 e. The molecular formula is C15H18F2N2O. The molecule has 5 heteroatoms. The molecule has 0 atom stereocenters.